The highest BCUT2D eigenvalue weighted by molar-refractivity contribution is 5.91. The van der Waals surface area contributed by atoms with Crippen molar-refractivity contribution >= 4 is 22.9 Å². The van der Waals surface area contributed by atoms with E-state index in [2.05, 4.69) is 75.5 Å². The standard InChI is InChI=1S/C28H29N3O/c32-28(17-16-23-11-10-18-29-22-23)30-19-8-1-2-9-20-31-26-15-7-6-14-25(26)21-27(31)24-12-4-3-5-13-24/h3-7,10-18,21-22H,1-2,8-9,19-20H2,(H,30,32)/b17-16+. The highest BCUT2D eigenvalue weighted by atomic mass is 16.1. The first kappa shape index (κ1) is 21.6. The number of rotatable bonds is 10. The van der Waals surface area contributed by atoms with Gasteiger partial charge < -0.3 is 9.88 Å². The van der Waals surface area contributed by atoms with Crippen LogP contribution >= 0.6 is 0 Å². The maximum Gasteiger partial charge on any atom is 0.243 e. The summed E-state index contributed by atoms with van der Waals surface area (Å²) in [5.41, 5.74) is 4.75. The average molecular weight is 424 g/mol. The summed E-state index contributed by atoms with van der Waals surface area (Å²) in [7, 11) is 0. The minimum Gasteiger partial charge on any atom is -0.353 e. The molecule has 0 atom stereocenters. The van der Waals surface area contributed by atoms with Crippen LogP contribution in [-0.4, -0.2) is 22.0 Å². The third-order valence-electron chi connectivity index (χ3n) is 5.60. The van der Waals surface area contributed by atoms with Gasteiger partial charge in [-0.25, -0.2) is 0 Å². The van der Waals surface area contributed by atoms with Crippen molar-refractivity contribution in [3.05, 3.63) is 96.8 Å². The molecule has 0 aliphatic carbocycles. The Morgan fingerprint density at radius 1 is 0.906 bits per heavy atom. The molecule has 4 nitrogen and oxygen atoms in total. The number of aromatic nitrogens is 2. The van der Waals surface area contributed by atoms with Crippen LogP contribution in [0.5, 0.6) is 0 Å². The van der Waals surface area contributed by atoms with Crippen molar-refractivity contribution < 1.29 is 4.79 Å². The molecule has 4 aromatic rings. The molecule has 1 N–H and O–H groups in total. The molecule has 0 saturated heterocycles. The molecule has 0 bridgehead atoms. The second-order valence-corrected chi connectivity index (χ2v) is 7.93. The molecule has 32 heavy (non-hydrogen) atoms. The number of hydrogen-bond acceptors (Lipinski definition) is 2. The number of nitrogens with zero attached hydrogens (tertiary/aromatic N) is 2. The average Bonchev–Trinajstić information content (AvgIpc) is 3.22. The fourth-order valence-corrected chi connectivity index (χ4v) is 3.96. The number of carbonyl (C=O) groups is 1. The van der Waals surface area contributed by atoms with Crippen LogP contribution in [0.3, 0.4) is 0 Å². The van der Waals surface area contributed by atoms with Gasteiger partial charge in [0.15, 0.2) is 0 Å². The molecule has 162 valence electrons. The van der Waals surface area contributed by atoms with Crippen LogP contribution in [0.15, 0.2) is 91.3 Å². The van der Waals surface area contributed by atoms with E-state index in [4.69, 9.17) is 0 Å². The van der Waals surface area contributed by atoms with Gasteiger partial charge in [0.05, 0.1) is 0 Å². The Bertz CT molecular complexity index is 1160. The van der Waals surface area contributed by atoms with Crippen LogP contribution in [0, 0.1) is 0 Å². The molecule has 2 heterocycles. The zero-order valence-electron chi connectivity index (χ0n) is 18.3. The number of amides is 1. The van der Waals surface area contributed by atoms with Crippen LogP contribution in [0.4, 0.5) is 0 Å². The lowest BCUT2D eigenvalue weighted by atomic mass is 10.1. The topological polar surface area (TPSA) is 46.9 Å². The Labute approximate surface area is 189 Å². The van der Waals surface area contributed by atoms with Gasteiger partial charge in [-0.05, 0) is 48.2 Å². The first-order valence-electron chi connectivity index (χ1n) is 11.3. The molecule has 0 aliphatic rings. The number of aryl methyl sites for hydroxylation is 1. The van der Waals surface area contributed by atoms with Gasteiger partial charge in [0.25, 0.3) is 0 Å². The summed E-state index contributed by atoms with van der Waals surface area (Å²) in [5, 5.41) is 4.25. The molecule has 0 spiro atoms. The van der Waals surface area contributed by atoms with Crippen molar-refractivity contribution in [1.82, 2.24) is 14.9 Å². The Hall–Kier alpha value is -3.66. The van der Waals surface area contributed by atoms with E-state index in [1.165, 1.54) is 22.2 Å². The van der Waals surface area contributed by atoms with Gasteiger partial charge in [0.1, 0.15) is 0 Å². The Morgan fingerprint density at radius 3 is 2.56 bits per heavy atom. The van der Waals surface area contributed by atoms with Crippen molar-refractivity contribution in [3.8, 4) is 11.3 Å². The van der Waals surface area contributed by atoms with Gasteiger partial charge in [-0.1, -0.05) is 67.4 Å². The summed E-state index contributed by atoms with van der Waals surface area (Å²) in [4.78, 5) is 16.0. The minimum absolute atomic E-state index is 0.0554. The molecular weight excluding hydrogens is 394 g/mol. The summed E-state index contributed by atoms with van der Waals surface area (Å²) in [6, 6.07) is 25.3. The zero-order chi connectivity index (χ0) is 22.0. The lowest BCUT2D eigenvalue weighted by Gasteiger charge is -2.11. The summed E-state index contributed by atoms with van der Waals surface area (Å²) in [5.74, 6) is -0.0554. The normalized spacial score (nSPS) is 11.2. The third kappa shape index (κ3) is 5.73. The fourth-order valence-electron chi connectivity index (χ4n) is 3.96. The fraction of sp³-hybridized carbons (Fsp3) is 0.214. The molecule has 2 aromatic heterocycles. The van der Waals surface area contributed by atoms with E-state index in [-0.39, 0.29) is 5.91 Å². The molecule has 4 rings (SSSR count). The number of fused-ring (bicyclic) bond motifs is 1. The number of hydrogen-bond donors (Lipinski definition) is 1. The molecule has 2 aromatic carbocycles. The summed E-state index contributed by atoms with van der Waals surface area (Å²) in [6.07, 6.45) is 11.2. The third-order valence-corrected chi connectivity index (χ3v) is 5.60. The Kier molecular flexibility index (Phi) is 7.48. The van der Waals surface area contributed by atoms with Crippen LogP contribution in [0.1, 0.15) is 31.2 Å². The quantitative estimate of drug-likeness (QED) is 0.248. The van der Waals surface area contributed by atoms with Gasteiger partial charge >= 0.3 is 0 Å². The van der Waals surface area contributed by atoms with E-state index in [0.29, 0.717) is 6.54 Å². The first-order valence-corrected chi connectivity index (χ1v) is 11.3. The van der Waals surface area contributed by atoms with Gasteiger partial charge in [0.2, 0.25) is 5.91 Å². The lowest BCUT2D eigenvalue weighted by molar-refractivity contribution is -0.116. The lowest BCUT2D eigenvalue weighted by Crippen LogP contribution is -2.21. The predicted octanol–water partition coefficient (Wildman–Crippen LogP) is 6.09. The summed E-state index contributed by atoms with van der Waals surface area (Å²) < 4.78 is 2.44. The molecule has 0 radical (unpaired) electrons. The van der Waals surface area contributed by atoms with E-state index in [1.807, 2.05) is 12.1 Å². The molecule has 0 fully saturated rings. The largest absolute Gasteiger partial charge is 0.353 e. The van der Waals surface area contributed by atoms with E-state index >= 15 is 0 Å². The second kappa shape index (κ2) is 11.1. The Balaban J connectivity index is 1.23. The van der Waals surface area contributed by atoms with Crippen molar-refractivity contribution in [2.75, 3.05) is 6.54 Å². The number of unbranched alkanes of at least 4 members (excludes halogenated alkanes) is 3. The molecule has 4 heteroatoms. The van der Waals surface area contributed by atoms with E-state index in [1.54, 1.807) is 24.5 Å². The monoisotopic (exact) mass is 423 g/mol. The smallest absolute Gasteiger partial charge is 0.243 e. The van der Waals surface area contributed by atoms with Crippen LogP contribution in [0.25, 0.3) is 28.2 Å². The maximum atomic E-state index is 11.9. The number of pyridine rings is 1. The molecule has 0 unspecified atom stereocenters. The predicted molar refractivity (Wildman–Crippen MR) is 132 cm³/mol. The Morgan fingerprint density at radius 2 is 1.72 bits per heavy atom. The SMILES string of the molecule is O=C(/C=C/c1cccnc1)NCCCCCCn1c(-c2ccccc2)cc2ccccc21. The van der Waals surface area contributed by atoms with E-state index in [0.717, 1.165) is 37.8 Å². The van der Waals surface area contributed by atoms with Gasteiger partial charge in [0, 0.05) is 48.2 Å². The molecular formula is C28H29N3O. The van der Waals surface area contributed by atoms with E-state index in [9.17, 15) is 4.79 Å². The van der Waals surface area contributed by atoms with Crippen molar-refractivity contribution in [2.45, 2.75) is 32.2 Å². The van der Waals surface area contributed by atoms with Crippen molar-refractivity contribution in [1.29, 1.82) is 0 Å². The summed E-state index contributed by atoms with van der Waals surface area (Å²) in [6.45, 7) is 1.70. The number of carbonyl (C=O) groups excluding carboxylic acids is 1. The first-order chi connectivity index (χ1) is 15.8. The highest BCUT2D eigenvalue weighted by Crippen LogP contribution is 2.28. The van der Waals surface area contributed by atoms with Crippen molar-refractivity contribution in [2.24, 2.45) is 0 Å². The molecule has 1 amide bonds. The van der Waals surface area contributed by atoms with Gasteiger partial charge in [-0.15, -0.1) is 0 Å². The van der Waals surface area contributed by atoms with Gasteiger partial charge in [-0.3, -0.25) is 9.78 Å². The number of para-hydroxylation sites is 1. The zero-order valence-corrected chi connectivity index (χ0v) is 18.3. The molecule has 0 saturated carbocycles. The van der Waals surface area contributed by atoms with Crippen LogP contribution in [-0.2, 0) is 11.3 Å². The van der Waals surface area contributed by atoms with Crippen molar-refractivity contribution in [3.63, 3.8) is 0 Å². The second-order valence-electron chi connectivity index (χ2n) is 7.93. The highest BCUT2D eigenvalue weighted by Gasteiger charge is 2.09. The minimum atomic E-state index is -0.0554. The van der Waals surface area contributed by atoms with Gasteiger partial charge in [-0.2, -0.15) is 0 Å². The number of nitrogens with one attached hydrogen (secondary N) is 1. The van der Waals surface area contributed by atoms with Crippen LogP contribution < -0.4 is 5.32 Å². The van der Waals surface area contributed by atoms with Crippen LogP contribution in [0.2, 0.25) is 0 Å². The maximum absolute atomic E-state index is 11.9. The summed E-state index contributed by atoms with van der Waals surface area (Å²) >= 11 is 0. The van der Waals surface area contributed by atoms with E-state index < -0.39 is 0 Å². The molecule has 0 aliphatic heterocycles. The number of benzene rings is 2.